The van der Waals surface area contributed by atoms with Crippen molar-refractivity contribution in [3.63, 3.8) is 0 Å². The van der Waals surface area contributed by atoms with Crippen LogP contribution in [0, 0.1) is 0 Å². The SMILES string of the molecule is C[C@H](Oc1ccc(Br)cc1)C(=O)N(C)Cc1ccccc1. The number of rotatable bonds is 5. The van der Waals surface area contributed by atoms with E-state index in [1.165, 1.54) is 0 Å². The molecule has 0 bridgehead atoms. The predicted molar refractivity (Wildman–Crippen MR) is 87.1 cm³/mol. The van der Waals surface area contributed by atoms with Crippen molar-refractivity contribution in [2.75, 3.05) is 7.05 Å². The molecule has 0 saturated heterocycles. The number of halogens is 1. The zero-order valence-corrected chi connectivity index (χ0v) is 13.7. The summed E-state index contributed by atoms with van der Waals surface area (Å²) in [5.74, 6) is 0.647. The average molecular weight is 348 g/mol. The van der Waals surface area contributed by atoms with Crippen LogP contribution in [0.1, 0.15) is 12.5 Å². The molecule has 0 saturated carbocycles. The number of ether oxygens (including phenoxy) is 1. The van der Waals surface area contributed by atoms with E-state index >= 15 is 0 Å². The van der Waals surface area contributed by atoms with E-state index in [1.54, 1.807) is 18.9 Å². The zero-order chi connectivity index (χ0) is 15.2. The standard InChI is InChI=1S/C17H18BrNO2/c1-13(21-16-10-8-15(18)9-11-16)17(20)19(2)12-14-6-4-3-5-7-14/h3-11,13H,12H2,1-2H3/t13-/m0/s1. The largest absolute Gasteiger partial charge is 0.481 e. The van der Waals surface area contributed by atoms with E-state index in [4.69, 9.17) is 4.74 Å². The molecule has 1 atom stereocenters. The lowest BCUT2D eigenvalue weighted by atomic mass is 10.2. The molecule has 0 aromatic heterocycles. The summed E-state index contributed by atoms with van der Waals surface area (Å²) in [6, 6.07) is 17.4. The maximum atomic E-state index is 12.3. The monoisotopic (exact) mass is 347 g/mol. The van der Waals surface area contributed by atoms with E-state index in [-0.39, 0.29) is 5.91 Å². The molecule has 110 valence electrons. The summed E-state index contributed by atoms with van der Waals surface area (Å²) >= 11 is 3.37. The molecule has 0 radical (unpaired) electrons. The van der Waals surface area contributed by atoms with Gasteiger partial charge < -0.3 is 9.64 Å². The molecular weight excluding hydrogens is 330 g/mol. The van der Waals surface area contributed by atoms with Gasteiger partial charge >= 0.3 is 0 Å². The van der Waals surface area contributed by atoms with Crippen LogP contribution in [-0.2, 0) is 11.3 Å². The lowest BCUT2D eigenvalue weighted by molar-refractivity contribution is -0.137. The number of amides is 1. The van der Waals surface area contributed by atoms with Crippen molar-refractivity contribution in [1.82, 2.24) is 4.90 Å². The first-order chi connectivity index (χ1) is 10.1. The van der Waals surface area contributed by atoms with Crippen LogP contribution in [0.25, 0.3) is 0 Å². The number of carbonyl (C=O) groups is 1. The third kappa shape index (κ3) is 4.60. The van der Waals surface area contributed by atoms with Crippen molar-refractivity contribution in [3.8, 4) is 5.75 Å². The molecule has 0 aliphatic carbocycles. The first-order valence-electron chi connectivity index (χ1n) is 6.77. The maximum Gasteiger partial charge on any atom is 0.263 e. The highest BCUT2D eigenvalue weighted by atomic mass is 79.9. The lowest BCUT2D eigenvalue weighted by Gasteiger charge is -2.22. The Bertz CT molecular complexity index is 583. The number of hydrogen-bond acceptors (Lipinski definition) is 2. The smallest absolute Gasteiger partial charge is 0.263 e. The van der Waals surface area contributed by atoms with E-state index in [0.717, 1.165) is 10.0 Å². The average Bonchev–Trinajstić information content (AvgIpc) is 2.49. The minimum Gasteiger partial charge on any atom is -0.481 e. The maximum absolute atomic E-state index is 12.3. The number of carbonyl (C=O) groups excluding carboxylic acids is 1. The molecule has 2 rings (SSSR count). The minimum absolute atomic E-state index is 0.0400. The Morgan fingerprint density at radius 3 is 2.38 bits per heavy atom. The Balaban J connectivity index is 1.93. The highest BCUT2D eigenvalue weighted by Gasteiger charge is 2.19. The fourth-order valence-corrected chi connectivity index (χ4v) is 2.28. The summed E-state index contributed by atoms with van der Waals surface area (Å²) in [5.41, 5.74) is 1.10. The van der Waals surface area contributed by atoms with Crippen molar-refractivity contribution in [3.05, 3.63) is 64.6 Å². The second kappa shape index (κ2) is 7.27. The van der Waals surface area contributed by atoms with E-state index in [0.29, 0.717) is 12.3 Å². The van der Waals surface area contributed by atoms with Gasteiger partial charge in [0, 0.05) is 18.1 Å². The summed E-state index contributed by atoms with van der Waals surface area (Å²) in [4.78, 5) is 14.0. The Kier molecular flexibility index (Phi) is 5.39. The molecule has 0 aliphatic heterocycles. The van der Waals surface area contributed by atoms with Crippen LogP contribution in [0.5, 0.6) is 5.75 Å². The topological polar surface area (TPSA) is 29.5 Å². The van der Waals surface area contributed by atoms with E-state index in [1.807, 2.05) is 54.6 Å². The summed E-state index contributed by atoms with van der Waals surface area (Å²) < 4.78 is 6.66. The Morgan fingerprint density at radius 1 is 1.14 bits per heavy atom. The quantitative estimate of drug-likeness (QED) is 0.821. The van der Waals surface area contributed by atoms with Gasteiger partial charge in [0.2, 0.25) is 0 Å². The fraction of sp³-hybridized carbons (Fsp3) is 0.235. The second-order valence-electron chi connectivity index (χ2n) is 4.89. The Morgan fingerprint density at radius 2 is 1.76 bits per heavy atom. The molecule has 0 heterocycles. The molecule has 0 fully saturated rings. The molecule has 3 nitrogen and oxygen atoms in total. The Hall–Kier alpha value is -1.81. The van der Waals surface area contributed by atoms with Gasteiger partial charge in [-0.3, -0.25) is 4.79 Å². The molecule has 21 heavy (non-hydrogen) atoms. The van der Waals surface area contributed by atoms with Gasteiger partial charge in [0.25, 0.3) is 5.91 Å². The van der Waals surface area contributed by atoms with Crippen molar-refractivity contribution in [2.24, 2.45) is 0 Å². The highest BCUT2D eigenvalue weighted by Crippen LogP contribution is 2.18. The van der Waals surface area contributed by atoms with Crippen molar-refractivity contribution in [2.45, 2.75) is 19.6 Å². The molecule has 4 heteroatoms. The molecule has 2 aromatic rings. The van der Waals surface area contributed by atoms with Crippen molar-refractivity contribution >= 4 is 21.8 Å². The molecule has 1 amide bonds. The highest BCUT2D eigenvalue weighted by molar-refractivity contribution is 9.10. The van der Waals surface area contributed by atoms with Crippen LogP contribution < -0.4 is 4.74 Å². The first kappa shape index (κ1) is 15.6. The number of likely N-dealkylation sites (N-methyl/N-ethyl adjacent to an activating group) is 1. The summed E-state index contributed by atoms with van der Waals surface area (Å²) in [7, 11) is 1.79. The van der Waals surface area contributed by atoms with Crippen LogP contribution in [0.15, 0.2) is 59.1 Å². The fourth-order valence-electron chi connectivity index (χ4n) is 2.01. The van der Waals surface area contributed by atoms with Crippen LogP contribution in [0.3, 0.4) is 0 Å². The van der Waals surface area contributed by atoms with E-state index < -0.39 is 6.10 Å². The van der Waals surface area contributed by atoms with Gasteiger partial charge in [0.15, 0.2) is 6.10 Å². The van der Waals surface area contributed by atoms with Crippen molar-refractivity contribution in [1.29, 1.82) is 0 Å². The predicted octanol–water partition coefficient (Wildman–Crippen LogP) is 3.88. The van der Waals surface area contributed by atoms with Gasteiger partial charge in [-0.15, -0.1) is 0 Å². The van der Waals surface area contributed by atoms with Crippen molar-refractivity contribution < 1.29 is 9.53 Å². The Labute approximate surface area is 133 Å². The minimum atomic E-state index is -0.514. The van der Waals surface area contributed by atoms with Crippen LogP contribution in [0.2, 0.25) is 0 Å². The molecule has 0 spiro atoms. The molecule has 2 aromatic carbocycles. The molecular formula is C17H18BrNO2. The van der Waals surface area contributed by atoms with Gasteiger partial charge in [0.05, 0.1) is 0 Å². The number of hydrogen-bond donors (Lipinski definition) is 0. The molecule has 0 unspecified atom stereocenters. The van der Waals surface area contributed by atoms with Gasteiger partial charge in [-0.25, -0.2) is 0 Å². The second-order valence-corrected chi connectivity index (χ2v) is 5.81. The first-order valence-corrected chi connectivity index (χ1v) is 7.56. The van der Waals surface area contributed by atoms with Gasteiger partial charge in [-0.1, -0.05) is 46.3 Å². The van der Waals surface area contributed by atoms with Crippen LogP contribution in [0.4, 0.5) is 0 Å². The van der Waals surface area contributed by atoms with Crippen LogP contribution >= 0.6 is 15.9 Å². The molecule has 0 N–H and O–H groups in total. The summed E-state index contributed by atoms with van der Waals surface area (Å²) in [5, 5.41) is 0. The summed E-state index contributed by atoms with van der Waals surface area (Å²) in [6.07, 6.45) is -0.514. The number of benzene rings is 2. The van der Waals surface area contributed by atoms with Gasteiger partial charge in [-0.2, -0.15) is 0 Å². The third-order valence-electron chi connectivity index (χ3n) is 3.11. The summed E-state index contributed by atoms with van der Waals surface area (Å²) in [6.45, 7) is 2.35. The van der Waals surface area contributed by atoms with Crippen LogP contribution in [-0.4, -0.2) is 24.0 Å². The molecule has 0 aliphatic rings. The number of nitrogens with zero attached hydrogens (tertiary/aromatic N) is 1. The van der Waals surface area contributed by atoms with E-state index in [9.17, 15) is 4.79 Å². The van der Waals surface area contributed by atoms with E-state index in [2.05, 4.69) is 15.9 Å². The van der Waals surface area contributed by atoms with Gasteiger partial charge in [0.1, 0.15) is 5.75 Å². The third-order valence-corrected chi connectivity index (χ3v) is 3.64. The normalized spacial score (nSPS) is 11.8. The zero-order valence-electron chi connectivity index (χ0n) is 12.1. The van der Waals surface area contributed by atoms with Gasteiger partial charge in [-0.05, 0) is 36.8 Å². The lowest BCUT2D eigenvalue weighted by Crippen LogP contribution is -2.37.